The van der Waals surface area contributed by atoms with Gasteiger partial charge < -0.3 is 20.2 Å². The highest BCUT2D eigenvalue weighted by atomic mass is 16.4. The molecule has 0 spiro atoms. The lowest BCUT2D eigenvalue weighted by Gasteiger charge is -2.11. The zero-order valence-electron chi connectivity index (χ0n) is 13.5. The van der Waals surface area contributed by atoms with Crippen molar-refractivity contribution in [2.24, 2.45) is 0 Å². The minimum absolute atomic E-state index is 0.291. The minimum Gasteiger partial charge on any atom is -0.458 e. The first kappa shape index (κ1) is 16.1. The maximum atomic E-state index is 11.9. The summed E-state index contributed by atoms with van der Waals surface area (Å²) in [6.07, 6.45) is -0.378. The number of hydrogen-bond acceptors (Lipinski definition) is 3. The normalized spacial score (nSPS) is 12.1. The van der Waals surface area contributed by atoms with Gasteiger partial charge in [0.1, 0.15) is 17.4 Å². The van der Waals surface area contributed by atoms with Crippen molar-refractivity contribution in [3.63, 3.8) is 0 Å². The molecular weight excluding hydrogens is 304 g/mol. The second kappa shape index (κ2) is 7.19. The van der Waals surface area contributed by atoms with Gasteiger partial charge in [-0.15, -0.1) is 0 Å². The lowest BCUT2D eigenvalue weighted by Crippen LogP contribution is -2.30. The number of carbonyl (C=O) groups is 1. The number of anilines is 1. The Labute approximate surface area is 140 Å². The molecule has 1 unspecified atom stereocenters. The van der Waals surface area contributed by atoms with E-state index in [1.54, 1.807) is 0 Å². The van der Waals surface area contributed by atoms with Crippen molar-refractivity contribution in [1.82, 2.24) is 5.32 Å². The van der Waals surface area contributed by atoms with E-state index in [0.29, 0.717) is 18.7 Å². The van der Waals surface area contributed by atoms with Crippen LogP contribution in [0.25, 0.3) is 11.0 Å². The second-order valence-electron chi connectivity index (χ2n) is 5.69. The fraction of sp³-hybridized carbons (Fsp3) is 0.211. The fourth-order valence-electron chi connectivity index (χ4n) is 2.51. The van der Waals surface area contributed by atoms with Gasteiger partial charge in [0.15, 0.2) is 0 Å². The lowest BCUT2D eigenvalue weighted by molar-refractivity contribution is 0.143. The van der Waals surface area contributed by atoms with Crippen LogP contribution in [0.3, 0.4) is 0 Å². The van der Waals surface area contributed by atoms with Crippen LogP contribution >= 0.6 is 0 Å². The van der Waals surface area contributed by atoms with Gasteiger partial charge >= 0.3 is 6.03 Å². The number of fused-ring (bicyclic) bond motifs is 1. The van der Waals surface area contributed by atoms with E-state index in [0.717, 1.165) is 22.2 Å². The van der Waals surface area contributed by atoms with E-state index in [9.17, 15) is 9.90 Å². The number of para-hydroxylation sites is 2. The molecule has 1 heterocycles. The van der Waals surface area contributed by atoms with Crippen LogP contribution in [-0.4, -0.2) is 17.7 Å². The van der Waals surface area contributed by atoms with Gasteiger partial charge in [0, 0.05) is 17.6 Å². The van der Waals surface area contributed by atoms with Crippen LogP contribution in [0.1, 0.15) is 23.8 Å². The number of nitrogens with one attached hydrogen (secondary N) is 2. The highest BCUT2D eigenvalue weighted by molar-refractivity contribution is 5.90. The van der Waals surface area contributed by atoms with E-state index in [1.165, 1.54) is 0 Å². The molecule has 3 aromatic rings. The number of aryl methyl sites for hydroxylation is 1. The maximum absolute atomic E-state index is 11.9. The number of rotatable bonds is 5. The molecule has 5 heteroatoms. The van der Waals surface area contributed by atoms with Gasteiger partial charge in [-0.05, 0) is 37.1 Å². The van der Waals surface area contributed by atoms with E-state index < -0.39 is 6.10 Å². The molecule has 0 saturated heterocycles. The van der Waals surface area contributed by atoms with Crippen LogP contribution in [0.5, 0.6) is 0 Å². The van der Waals surface area contributed by atoms with Crippen molar-refractivity contribution >= 4 is 22.7 Å². The molecule has 0 fully saturated rings. The molecule has 2 amide bonds. The van der Waals surface area contributed by atoms with Gasteiger partial charge in [0.25, 0.3) is 0 Å². The SMILES string of the molecule is Cc1ccccc1NC(=O)NCCC(O)c1cc2ccccc2o1. The third-order valence-electron chi connectivity index (χ3n) is 3.87. The standard InChI is InChI=1S/C19H20N2O3/c1-13-6-2-4-8-15(13)21-19(23)20-11-10-16(22)18-12-14-7-3-5-9-17(14)24-18/h2-9,12,16,22H,10-11H2,1H3,(H2,20,21,23). The summed E-state index contributed by atoms with van der Waals surface area (Å²) in [6.45, 7) is 2.27. The average molecular weight is 324 g/mol. The Bertz CT molecular complexity index is 808. The number of furan rings is 1. The molecular formula is C19H20N2O3. The van der Waals surface area contributed by atoms with Crippen molar-refractivity contribution in [3.05, 3.63) is 65.9 Å². The van der Waals surface area contributed by atoms with Crippen molar-refractivity contribution in [2.45, 2.75) is 19.4 Å². The molecule has 24 heavy (non-hydrogen) atoms. The third kappa shape index (κ3) is 3.75. The molecule has 0 bridgehead atoms. The number of urea groups is 1. The Morgan fingerprint density at radius 3 is 2.71 bits per heavy atom. The molecule has 0 aliphatic carbocycles. The molecule has 0 aliphatic heterocycles. The lowest BCUT2D eigenvalue weighted by atomic mass is 10.2. The van der Waals surface area contributed by atoms with Gasteiger partial charge in [-0.2, -0.15) is 0 Å². The predicted octanol–water partition coefficient (Wildman–Crippen LogP) is 3.99. The molecule has 0 aliphatic rings. The number of aliphatic hydroxyl groups is 1. The van der Waals surface area contributed by atoms with Gasteiger partial charge in [-0.3, -0.25) is 0 Å². The van der Waals surface area contributed by atoms with E-state index in [2.05, 4.69) is 10.6 Å². The summed E-state index contributed by atoms with van der Waals surface area (Å²) in [5.74, 6) is 0.511. The molecule has 1 atom stereocenters. The molecule has 0 saturated carbocycles. The molecule has 0 radical (unpaired) electrons. The van der Waals surface area contributed by atoms with E-state index in [1.807, 2.05) is 61.5 Å². The number of benzene rings is 2. The Balaban J connectivity index is 1.50. The largest absolute Gasteiger partial charge is 0.458 e. The zero-order valence-corrected chi connectivity index (χ0v) is 13.5. The fourth-order valence-corrected chi connectivity index (χ4v) is 2.51. The second-order valence-corrected chi connectivity index (χ2v) is 5.69. The van der Waals surface area contributed by atoms with E-state index >= 15 is 0 Å². The van der Waals surface area contributed by atoms with Crippen LogP contribution in [0.2, 0.25) is 0 Å². The Kier molecular flexibility index (Phi) is 4.82. The molecule has 3 N–H and O–H groups in total. The number of aliphatic hydroxyl groups excluding tert-OH is 1. The first-order valence-electron chi connectivity index (χ1n) is 7.90. The summed E-state index contributed by atoms with van der Waals surface area (Å²) >= 11 is 0. The molecule has 5 nitrogen and oxygen atoms in total. The quantitative estimate of drug-likeness (QED) is 0.664. The third-order valence-corrected chi connectivity index (χ3v) is 3.87. The van der Waals surface area contributed by atoms with Crippen LogP contribution in [-0.2, 0) is 0 Å². The Morgan fingerprint density at radius 1 is 1.17 bits per heavy atom. The maximum Gasteiger partial charge on any atom is 0.319 e. The number of amides is 2. The van der Waals surface area contributed by atoms with Crippen molar-refractivity contribution < 1.29 is 14.3 Å². The molecule has 3 rings (SSSR count). The monoisotopic (exact) mass is 324 g/mol. The average Bonchev–Trinajstić information content (AvgIpc) is 3.01. The van der Waals surface area contributed by atoms with Crippen LogP contribution in [0.15, 0.2) is 59.0 Å². The minimum atomic E-state index is -0.754. The molecule has 2 aromatic carbocycles. The smallest absolute Gasteiger partial charge is 0.319 e. The van der Waals surface area contributed by atoms with Crippen molar-refractivity contribution in [1.29, 1.82) is 0 Å². The summed E-state index contributed by atoms with van der Waals surface area (Å²) in [7, 11) is 0. The Hall–Kier alpha value is -2.79. The highest BCUT2D eigenvalue weighted by Gasteiger charge is 2.13. The first-order valence-corrected chi connectivity index (χ1v) is 7.90. The number of hydrogen-bond donors (Lipinski definition) is 3. The molecule has 1 aromatic heterocycles. The van der Waals surface area contributed by atoms with Crippen molar-refractivity contribution in [2.75, 3.05) is 11.9 Å². The summed E-state index contributed by atoms with van der Waals surface area (Å²) in [5.41, 5.74) is 2.51. The zero-order chi connectivity index (χ0) is 16.9. The van der Waals surface area contributed by atoms with Gasteiger partial charge in [-0.1, -0.05) is 36.4 Å². The van der Waals surface area contributed by atoms with Gasteiger partial charge in [0.2, 0.25) is 0 Å². The van der Waals surface area contributed by atoms with Crippen molar-refractivity contribution in [3.8, 4) is 0 Å². The first-order chi connectivity index (χ1) is 11.6. The number of carbonyl (C=O) groups excluding carboxylic acids is 1. The summed E-state index contributed by atoms with van der Waals surface area (Å²) in [4.78, 5) is 11.9. The highest BCUT2D eigenvalue weighted by Crippen LogP contribution is 2.25. The van der Waals surface area contributed by atoms with Gasteiger partial charge in [-0.25, -0.2) is 4.79 Å². The van der Waals surface area contributed by atoms with E-state index in [-0.39, 0.29) is 6.03 Å². The molecule has 124 valence electrons. The van der Waals surface area contributed by atoms with Crippen LogP contribution in [0, 0.1) is 6.92 Å². The predicted molar refractivity (Wildman–Crippen MR) is 94.0 cm³/mol. The van der Waals surface area contributed by atoms with Crippen LogP contribution in [0.4, 0.5) is 10.5 Å². The van der Waals surface area contributed by atoms with Crippen LogP contribution < -0.4 is 10.6 Å². The Morgan fingerprint density at radius 2 is 1.92 bits per heavy atom. The topological polar surface area (TPSA) is 74.5 Å². The summed E-state index contributed by atoms with van der Waals surface area (Å²) < 4.78 is 5.62. The summed E-state index contributed by atoms with van der Waals surface area (Å²) in [5, 5.41) is 16.7. The van der Waals surface area contributed by atoms with E-state index in [4.69, 9.17) is 4.42 Å². The van der Waals surface area contributed by atoms with Gasteiger partial charge in [0.05, 0.1) is 0 Å². The summed E-state index contributed by atoms with van der Waals surface area (Å²) in [6, 6.07) is 16.7.